The molecule has 0 saturated heterocycles. The Morgan fingerprint density at radius 1 is 1.20 bits per heavy atom. The van der Waals surface area contributed by atoms with Crippen molar-refractivity contribution in [3.63, 3.8) is 0 Å². The highest BCUT2D eigenvalue weighted by Gasteiger charge is 2.52. The fourth-order valence-corrected chi connectivity index (χ4v) is 8.15. The van der Waals surface area contributed by atoms with Crippen LogP contribution >= 0.6 is 0 Å². The van der Waals surface area contributed by atoms with Gasteiger partial charge in [-0.2, -0.15) is 0 Å². The molecule has 2 saturated carbocycles. The van der Waals surface area contributed by atoms with Crippen molar-refractivity contribution in [2.45, 2.75) is 124 Å². The van der Waals surface area contributed by atoms with Crippen LogP contribution in [0.3, 0.4) is 0 Å². The smallest absolute Gasteiger partial charge is 0.303 e. The van der Waals surface area contributed by atoms with Crippen molar-refractivity contribution < 1.29 is 19.8 Å². The molecule has 1 amide bonds. The van der Waals surface area contributed by atoms with Crippen LogP contribution in [0.5, 0.6) is 0 Å². The summed E-state index contributed by atoms with van der Waals surface area (Å²) in [7, 11) is 0. The van der Waals surface area contributed by atoms with Gasteiger partial charge in [-0.1, -0.05) is 45.8 Å². The molecule has 35 heavy (non-hydrogen) atoms. The Balaban J connectivity index is 1.64. The molecule has 0 aromatic rings. The van der Waals surface area contributed by atoms with E-state index in [0.29, 0.717) is 23.2 Å². The maximum Gasteiger partial charge on any atom is 0.303 e. The molecule has 0 bridgehead atoms. The van der Waals surface area contributed by atoms with E-state index in [1.807, 2.05) is 13.8 Å². The Morgan fingerprint density at radius 2 is 1.91 bits per heavy atom. The van der Waals surface area contributed by atoms with Gasteiger partial charge in [-0.15, -0.1) is 0 Å². The predicted octanol–water partition coefficient (Wildman–Crippen LogP) is 6.35. The van der Waals surface area contributed by atoms with Crippen molar-refractivity contribution in [1.29, 1.82) is 0 Å². The highest BCUT2D eigenvalue weighted by molar-refractivity contribution is 5.80. The van der Waals surface area contributed by atoms with E-state index in [-0.39, 0.29) is 24.8 Å². The molecule has 2 fully saturated rings. The number of hydrogen-bond donors (Lipinski definition) is 3. The normalized spacial score (nSPS) is 36.3. The Hall–Kier alpha value is -1.36. The monoisotopic (exact) mass is 489 g/mol. The highest BCUT2D eigenvalue weighted by Crippen LogP contribution is 2.60. The van der Waals surface area contributed by atoms with Crippen molar-refractivity contribution in [2.24, 2.45) is 40.9 Å². The number of carbonyl (C=O) groups is 2. The summed E-state index contributed by atoms with van der Waals surface area (Å²) in [6, 6.07) is 0.149. The van der Waals surface area contributed by atoms with E-state index in [0.717, 1.165) is 56.3 Å². The van der Waals surface area contributed by atoms with Gasteiger partial charge in [0.1, 0.15) is 0 Å². The zero-order chi connectivity index (χ0) is 26.0. The molecule has 3 N–H and O–H groups in total. The molecule has 8 atom stereocenters. The van der Waals surface area contributed by atoms with Crippen molar-refractivity contribution in [2.75, 3.05) is 0 Å². The molecule has 0 aromatic heterocycles. The average Bonchev–Trinajstić information content (AvgIpc) is 3.13. The number of hydrogen-bond acceptors (Lipinski definition) is 3. The van der Waals surface area contributed by atoms with Crippen molar-refractivity contribution >= 4 is 11.9 Å². The first kappa shape index (κ1) is 28.2. The lowest BCUT2D eigenvalue weighted by molar-refractivity contribution is -0.139. The summed E-state index contributed by atoms with van der Waals surface area (Å²) in [6.45, 7) is 13.7. The standard InChI is InChI=1S/C30H51NO4/c1-7-30(6)25(19(2)16-17-29(4,5)35)12-13-26(30)24-10-8-21-18-22(9-11-23(21)20(24)3)31-27(32)14-15-28(33)34/h8,19-20,22-26,35H,7,9-18H2,1-6H3,(H,31,32)(H,33,34). The largest absolute Gasteiger partial charge is 0.481 e. The van der Waals surface area contributed by atoms with Crippen LogP contribution in [0.25, 0.3) is 0 Å². The summed E-state index contributed by atoms with van der Waals surface area (Å²) in [6.07, 6.45) is 12.5. The first-order chi connectivity index (χ1) is 16.4. The number of aliphatic carboxylic acids is 1. The van der Waals surface area contributed by atoms with Crippen molar-refractivity contribution in [3.05, 3.63) is 11.6 Å². The molecule has 0 spiro atoms. The molecule has 0 aromatic carbocycles. The zero-order valence-corrected chi connectivity index (χ0v) is 23.1. The SMILES string of the molecule is CCC1(C)C(C(C)CCC(C)(C)O)CCC1C1CC=C2CC(NC(=O)CCC(=O)O)CCC2C1C. The van der Waals surface area contributed by atoms with E-state index in [2.05, 4.69) is 39.1 Å². The third kappa shape index (κ3) is 6.70. The van der Waals surface area contributed by atoms with Gasteiger partial charge in [-0.05, 0) is 106 Å². The summed E-state index contributed by atoms with van der Waals surface area (Å²) in [5, 5.41) is 22.2. The Labute approximate surface area is 213 Å². The second-order valence-corrected chi connectivity index (χ2v) is 13.1. The minimum absolute atomic E-state index is 0.0689. The Morgan fingerprint density at radius 3 is 2.54 bits per heavy atom. The van der Waals surface area contributed by atoms with E-state index in [9.17, 15) is 14.7 Å². The Kier molecular flexibility index (Phi) is 9.16. The van der Waals surface area contributed by atoms with Crippen LogP contribution in [-0.2, 0) is 9.59 Å². The van der Waals surface area contributed by atoms with Crippen LogP contribution in [0.4, 0.5) is 0 Å². The zero-order valence-electron chi connectivity index (χ0n) is 23.1. The van der Waals surface area contributed by atoms with E-state index in [1.165, 1.54) is 24.8 Å². The van der Waals surface area contributed by atoms with Gasteiger partial charge in [-0.3, -0.25) is 9.59 Å². The van der Waals surface area contributed by atoms with Crippen LogP contribution in [-0.4, -0.2) is 33.7 Å². The molecule has 0 aliphatic heterocycles. The lowest BCUT2D eigenvalue weighted by atomic mass is 9.57. The lowest BCUT2D eigenvalue weighted by Gasteiger charge is -2.49. The summed E-state index contributed by atoms with van der Waals surface area (Å²) in [5.74, 6) is 3.08. The highest BCUT2D eigenvalue weighted by atomic mass is 16.4. The molecule has 5 nitrogen and oxygen atoms in total. The molecule has 3 aliphatic carbocycles. The summed E-state index contributed by atoms with van der Waals surface area (Å²) < 4.78 is 0. The third-order valence-corrected chi connectivity index (χ3v) is 10.3. The van der Waals surface area contributed by atoms with Gasteiger partial charge >= 0.3 is 5.97 Å². The molecule has 3 rings (SSSR count). The number of carbonyl (C=O) groups excluding carboxylic acids is 1. The Bertz CT molecular complexity index is 784. The lowest BCUT2D eigenvalue weighted by Crippen LogP contribution is -2.44. The molecule has 0 radical (unpaired) electrons. The van der Waals surface area contributed by atoms with E-state index in [1.54, 1.807) is 0 Å². The van der Waals surface area contributed by atoms with Crippen molar-refractivity contribution in [3.8, 4) is 0 Å². The van der Waals surface area contributed by atoms with E-state index < -0.39 is 11.6 Å². The van der Waals surface area contributed by atoms with Gasteiger partial charge in [0.25, 0.3) is 0 Å². The molecule has 5 heteroatoms. The van der Waals surface area contributed by atoms with Crippen LogP contribution in [0.15, 0.2) is 11.6 Å². The molecular weight excluding hydrogens is 438 g/mol. The fourth-order valence-electron chi connectivity index (χ4n) is 8.15. The average molecular weight is 490 g/mol. The van der Waals surface area contributed by atoms with Crippen LogP contribution in [0.2, 0.25) is 0 Å². The van der Waals surface area contributed by atoms with Gasteiger partial charge < -0.3 is 15.5 Å². The van der Waals surface area contributed by atoms with Gasteiger partial charge in [0.2, 0.25) is 5.91 Å². The molecule has 8 unspecified atom stereocenters. The van der Waals surface area contributed by atoms with E-state index in [4.69, 9.17) is 5.11 Å². The van der Waals surface area contributed by atoms with E-state index >= 15 is 0 Å². The molecule has 0 heterocycles. The number of carboxylic acid groups (broad SMARTS) is 1. The summed E-state index contributed by atoms with van der Waals surface area (Å²) in [5.41, 5.74) is 1.30. The quantitative estimate of drug-likeness (QED) is 0.312. The number of carboxylic acids is 1. The van der Waals surface area contributed by atoms with Gasteiger partial charge in [-0.25, -0.2) is 0 Å². The number of fused-ring (bicyclic) bond motifs is 1. The third-order valence-electron chi connectivity index (χ3n) is 10.3. The minimum atomic E-state index is -0.918. The number of aliphatic hydroxyl groups is 1. The maximum absolute atomic E-state index is 12.2. The van der Waals surface area contributed by atoms with Crippen LogP contribution < -0.4 is 5.32 Å². The summed E-state index contributed by atoms with van der Waals surface area (Å²) in [4.78, 5) is 22.9. The second kappa shape index (κ2) is 11.4. The molecular formula is C30H51NO4. The molecule has 200 valence electrons. The van der Waals surface area contributed by atoms with Gasteiger partial charge in [0.05, 0.1) is 12.0 Å². The predicted molar refractivity (Wildman–Crippen MR) is 141 cm³/mol. The van der Waals surface area contributed by atoms with Crippen LogP contribution in [0.1, 0.15) is 112 Å². The number of amides is 1. The van der Waals surface area contributed by atoms with Crippen molar-refractivity contribution in [1.82, 2.24) is 5.32 Å². The number of rotatable bonds is 10. The summed E-state index contributed by atoms with van der Waals surface area (Å²) >= 11 is 0. The number of allylic oxidation sites excluding steroid dienone is 1. The first-order valence-electron chi connectivity index (χ1n) is 14.3. The number of nitrogens with one attached hydrogen (secondary N) is 1. The molecule has 3 aliphatic rings. The maximum atomic E-state index is 12.2. The fraction of sp³-hybridized carbons (Fsp3) is 0.867. The second-order valence-electron chi connectivity index (χ2n) is 13.1. The van der Waals surface area contributed by atoms with Crippen LogP contribution in [0, 0.1) is 40.9 Å². The van der Waals surface area contributed by atoms with Gasteiger partial charge in [0.15, 0.2) is 0 Å². The van der Waals surface area contributed by atoms with Gasteiger partial charge in [0, 0.05) is 12.5 Å². The topological polar surface area (TPSA) is 86.6 Å². The first-order valence-corrected chi connectivity index (χ1v) is 14.3. The minimum Gasteiger partial charge on any atom is -0.481 e.